The van der Waals surface area contributed by atoms with Gasteiger partial charge in [-0.15, -0.1) is 0 Å². The molecule has 2 N–H and O–H groups in total. The molecule has 29 heavy (non-hydrogen) atoms. The maximum absolute atomic E-state index is 12.7. The van der Waals surface area contributed by atoms with E-state index in [4.69, 9.17) is 9.47 Å². The zero-order chi connectivity index (χ0) is 20.9. The lowest BCUT2D eigenvalue weighted by molar-refractivity contribution is -0.384. The number of nitro groups is 1. The number of nitro benzene ring substituents is 1. The molecule has 1 saturated heterocycles. The predicted octanol–water partition coefficient (Wildman–Crippen LogP) is 1.64. The molecule has 1 aliphatic heterocycles. The predicted molar refractivity (Wildman–Crippen MR) is 104 cm³/mol. The molecular formula is C19H22N2O7S. The van der Waals surface area contributed by atoms with Crippen LogP contribution in [0.3, 0.4) is 0 Å². The molecule has 1 heterocycles. The van der Waals surface area contributed by atoms with Gasteiger partial charge >= 0.3 is 0 Å². The molecular weight excluding hydrogens is 400 g/mol. The van der Waals surface area contributed by atoms with Crippen molar-refractivity contribution in [1.82, 2.24) is 4.72 Å². The van der Waals surface area contributed by atoms with Crippen LogP contribution in [0.25, 0.3) is 0 Å². The van der Waals surface area contributed by atoms with Crippen LogP contribution in [0.4, 0.5) is 5.69 Å². The van der Waals surface area contributed by atoms with Gasteiger partial charge in [0.15, 0.2) is 6.29 Å². The van der Waals surface area contributed by atoms with Crippen molar-refractivity contribution < 1.29 is 27.9 Å². The molecule has 0 unspecified atom stereocenters. The molecule has 1 aliphatic rings. The number of non-ortho nitro benzene ring substituents is 1. The first-order valence-electron chi connectivity index (χ1n) is 9.05. The van der Waals surface area contributed by atoms with Gasteiger partial charge in [-0.1, -0.05) is 30.3 Å². The fraction of sp³-hybridized carbons (Fsp3) is 0.368. The number of hydrogen-bond acceptors (Lipinski definition) is 7. The van der Waals surface area contributed by atoms with Crippen molar-refractivity contribution in [2.45, 2.75) is 17.1 Å². The summed E-state index contributed by atoms with van der Waals surface area (Å²) >= 11 is 0. The third kappa shape index (κ3) is 5.17. The molecule has 0 aliphatic carbocycles. The summed E-state index contributed by atoms with van der Waals surface area (Å²) in [6.45, 7) is 0.579. The molecule has 156 valence electrons. The fourth-order valence-corrected chi connectivity index (χ4v) is 4.33. The Morgan fingerprint density at radius 1 is 1.10 bits per heavy atom. The van der Waals surface area contributed by atoms with Crippen LogP contribution in [0.2, 0.25) is 0 Å². The van der Waals surface area contributed by atoms with Gasteiger partial charge in [-0.2, -0.15) is 0 Å². The standard InChI is InChI=1S/C19H22N2O7S/c22-13-18(19-27-10-11-28-19)17(14-4-2-1-3-5-14)12-20-29(25,26)16-8-6-15(7-9-16)21(23)24/h1-9,17-20,22H,10-13H2/t17-,18-/m0/s1. The van der Waals surface area contributed by atoms with Crippen LogP contribution >= 0.6 is 0 Å². The summed E-state index contributed by atoms with van der Waals surface area (Å²) in [5.41, 5.74) is 0.638. The zero-order valence-electron chi connectivity index (χ0n) is 15.5. The summed E-state index contributed by atoms with van der Waals surface area (Å²) in [4.78, 5) is 10.1. The molecule has 2 atom stereocenters. The molecule has 0 radical (unpaired) electrons. The van der Waals surface area contributed by atoms with Crippen LogP contribution in [-0.2, 0) is 19.5 Å². The van der Waals surface area contributed by atoms with Crippen molar-refractivity contribution in [2.24, 2.45) is 5.92 Å². The molecule has 9 nitrogen and oxygen atoms in total. The maximum atomic E-state index is 12.7. The van der Waals surface area contributed by atoms with Gasteiger partial charge in [-0.25, -0.2) is 13.1 Å². The van der Waals surface area contributed by atoms with Crippen LogP contribution in [0.15, 0.2) is 59.5 Å². The van der Waals surface area contributed by atoms with E-state index in [0.29, 0.717) is 13.2 Å². The van der Waals surface area contributed by atoms with Crippen molar-refractivity contribution in [3.05, 3.63) is 70.3 Å². The van der Waals surface area contributed by atoms with E-state index >= 15 is 0 Å². The fourth-order valence-electron chi connectivity index (χ4n) is 3.27. The summed E-state index contributed by atoms with van der Waals surface area (Å²) in [5.74, 6) is -0.878. The van der Waals surface area contributed by atoms with E-state index in [1.54, 1.807) is 0 Å². The largest absolute Gasteiger partial charge is 0.396 e. The number of rotatable bonds is 9. The van der Waals surface area contributed by atoms with E-state index in [2.05, 4.69) is 4.72 Å². The zero-order valence-corrected chi connectivity index (χ0v) is 16.3. The van der Waals surface area contributed by atoms with Gasteiger partial charge in [0, 0.05) is 30.5 Å². The van der Waals surface area contributed by atoms with E-state index in [0.717, 1.165) is 17.7 Å². The summed E-state index contributed by atoms with van der Waals surface area (Å²) in [6, 6.07) is 13.9. The first-order valence-corrected chi connectivity index (χ1v) is 10.5. The summed E-state index contributed by atoms with van der Waals surface area (Å²) in [6.07, 6.45) is -0.630. The number of ether oxygens (including phenoxy) is 2. The van der Waals surface area contributed by atoms with Crippen LogP contribution in [-0.4, -0.2) is 51.1 Å². The normalized spacial score (nSPS) is 17.1. The molecule has 1 fully saturated rings. The van der Waals surface area contributed by atoms with Gasteiger partial charge in [-0.3, -0.25) is 10.1 Å². The smallest absolute Gasteiger partial charge is 0.269 e. The van der Waals surface area contributed by atoms with Crippen molar-refractivity contribution in [3.63, 3.8) is 0 Å². The third-order valence-electron chi connectivity index (χ3n) is 4.80. The first-order chi connectivity index (χ1) is 13.9. The number of aliphatic hydroxyl groups excluding tert-OH is 1. The van der Waals surface area contributed by atoms with Crippen LogP contribution in [0, 0.1) is 16.0 Å². The van der Waals surface area contributed by atoms with Gasteiger partial charge in [0.05, 0.1) is 29.6 Å². The summed E-state index contributed by atoms with van der Waals surface area (Å²) < 4.78 is 39.0. The molecule has 2 aromatic rings. The Balaban J connectivity index is 1.81. The SMILES string of the molecule is O=[N+]([O-])c1ccc(S(=O)(=O)NC[C@@H](c2ccccc2)[C@H](CO)C2OCCO2)cc1. The lowest BCUT2D eigenvalue weighted by atomic mass is 9.86. The molecule has 0 saturated carbocycles. The minimum atomic E-state index is -3.91. The first kappa shape index (κ1) is 21.3. The number of hydrogen-bond donors (Lipinski definition) is 2. The highest BCUT2D eigenvalue weighted by atomic mass is 32.2. The molecule has 0 amide bonds. The molecule has 0 aromatic heterocycles. The molecule has 0 bridgehead atoms. The van der Waals surface area contributed by atoms with Crippen LogP contribution < -0.4 is 4.72 Å². The summed E-state index contributed by atoms with van der Waals surface area (Å²) in [5, 5.41) is 20.7. The second-order valence-electron chi connectivity index (χ2n) is 6.58. The van der Waals surface area contributed by atoms with Gasteiger partial charge in [0.25, 0.3) is 5.69 Å². The van der Waals surface area contributed by atoms with Crippen molar-refractivity contribution in [1.29, 1.82) is 0 Å². The molecule has 0 spiro atoms. The molecule has 2 aromatic carbocycles. The van der Waals surface area contributed by atoms with E-state index in [1.165, 1.54) is 12.1 Å². The minimum Gasteiger partial charge on any atom is -0.396 e. The molecule has 10 heteroatoms. The minimum absolute atomic E-state index is 0.00220. The summed E-state index contributed by atoms with van der Waals surface area (Å²) in [7, 11) is -3.91. The van der Waals surface area contributed by atoms with Gasteiger partial charge in [-0.05, 0) is 17.7 Å². The number of nitrogens with zero attached hydrogens (tertiary/aromatic N) is 1. The van der Waals surface area contributed by atoms with E-state index in [1.807, 2.05) is 30.3 Å². The van der Waals surface area contributed by atoms with Crippen molar-refractivity contribution in [3.8, 4) is 0 Å². The quantitative estimate of drug-likeness (QED) is 0.464. The van der Waals surface area contributed by atoms with Gasteiger partial charge < -0.3 is 14.6 Å². The molecule has 3 rings (SSSR count). The highest BCUT2D eigenvalue weighted by Gasteiger charge is 2.34. The van der Waals surface area contributed by atoms with Gasteiger partial charge in [0.2, 0.25) is 10.0 Å². The average molecular weight is 422 g/mol. The van der Waals surface area contributed by atoms with E-state index in [9.17, 15) is 23.6 Å². The second-order valence-corrected chi connectivity index (χ2v) is 8.34. The lowest BCUT2D eigenvalue weighted by Gasteiger charge is -2.29. The number of aliphatic hydroxyl groups is 1. The Labute approximate surface area is 168 Å². The number of benzene rings is 2. The maximum Gasteiger partial charge on any atom is 0.269 e. The van der Waals surface area contributed by atoms with Crippen LogP contribution in [0.1, 0.15) is 11.5 Å². The Bertz CT molecular complexity index is 913. The lowest BCUT2D eigenvalue weighted by Crippen LogP contribution is -2.38. The van der Waals surface area contributed by atoms with Crippen molar-refractivity contribution in [2.75, 3.05) is 26.4 Å². The number of sulfonamides is 1. The second kappa shape index (κ2) is 9.42. The Hall–Kier alpha value is -2.37. The van der Waals surface area contributed by atoms with E-state index < -0.39 is 33.1 Å². The van der Waals surface area contributed by atoms with Gasteiger partial charge in [0.1, 0.15) is 0 Å². The van der Waals surface area contributed by atoms with Crippen molar-refractivity contribution >= 4 is 15.7 Å². The average Bonchev–Trinajstić information content (AvgIpc) is 3.26. The number of nitrogens with one attached hydrogen (secondary N) is 1. The van der Waals surface area contributed by atoms with Crippen LogP contribution in [0.5, 0.6) is 0 Å². The Morgan fingerprint density at radius 2 is 1.72 bits per heavy atom. The Morgan fingerprint density at radius 3 is 2.28 bits per heavy atom. The highest BCUT2D eigenvalue weighted by Crippen LogP contribution is 2.30. The highest BCUT2D eigenvalue weighted by molar-refractivity contribution is 7.89. The third-order valence-corrected chi connectivity index (χ3v) is 6.24. The topological polar surface area (TPSA) is 128 Å². The monoisotopic (exact) mass is 422 g/mol. The van der Waals surface area contributed by atoms with E-state index in [-0.39, 0.29) is 23.7 Å². The Kier molecular flexibility index (Phi) is 6.93.